The van der Waals surface area contributed by atoms with Crippen LogP contribution in [0.4, 0.5) is 28.9 Å². The molecule has 0 aliphatic rings. The first kappa shape index (κ1) is 24.6. The van der Waals surface area contributed by atoms with Gasteiger partial charge in [0.05, 0.1) is 18.7 Å². The van der Waals surface area contributed by atoms with E-state index in [2.05, 4.69) is 14.5 Å². The van der Waals surface area contributed by atoms with Crippen LogP contribution in [0, 0.1) is 0 Å². The summed E-state index contributed by atoms with van der Waals surface area (Å²) in [6.45, 7) is -6.67. The van der Waals surface area contributed by atoms with E-state index in [1.807, 2.05) is 0 Å². The fraction of sp³-hybridized carbons (Fsp3) is 0.286. The first-order chi connectivity index (χ1) is 15.9. The molecule has 2 N–H and O–H groups in total. The molecule has 0 aliphatic carbocycles. The van der Waals surface area contributed by atoms with E-state index in [9.17, 15) is 22.7 Å². The van der Waals surface area contributed by atoms with Crippen molar-refractivity contribution in [1.29, 1.82) is 0 Å². The molecule has 1 atom stereocenters. The molecule has 0 spiro atoms. The number of nitrogens with zero attached hydrogens (tertiary/aromatic N) is 2. The van der Waals surface area contributed by atoms with Crippen molar-refractivity contribution in [3.05, 3.63) is 59.0 Å². The van der Waals surface area contributed by atoms with Crippen LogP contribution in [-0.4, -0.2) is 47.7 Å². The van der Waals surface area contributed by atoms with Crippen LogP contribution in [0.3, 0.4) is 0 Å². The Labute approximate surface area is 190 Å². The summed E-state index contributed by atoms with van der Waals surface area (Å²) in [5, 5.41) is 18.3. The first-order valence-electron chi connectivity index (χ1n) is 9.56. The second-order valence-electron chi connectivity index (χ2n) is 6.58. The fourth-order valence-electron chi connectivity index (χ4n) is 2.82. The Morgan fingerprint density at radius 3 is 2.21 bits per heavy atom. The molecule has 1 unspecified atom stereocenters. The van der Waals surface area contributed by atoms with Crippen molar-refractivity contribution in [2.45, 2.75) is 25.9 Å². The lowest BCUT2D eigenvalue weighted by Gasteiger charge is -2.26. The van der Waals surface area contributed by atoms with Crippen molar-refractivity contribution >= 4 is 22.7 Å². The maximum atomic E-state index is 12.9. The van der Waals surface area contributed by atoms with E-state index in [-0.39, 0.29) is 6.61 Å². The second-order valence-corrected chi connectivity index (χ2v) is 7.55. The topological polar surface area (TPSA) is 84.3 Å². The van der Waals surface area contributed by atoms with Gasteiger partial charge in [-0.3, -0.25) is 4.98 Å². The lowest BCUT2D eigenvalue weighted by atomic mass is 10.2. The van der Waals surface area contributed by atoms with Crippen molar-refractivity contribution in [3.8, 4) is 17.2 Å². The van der Waals surface area contributed by atoms with Crippen LogP contribution in [-0.2, 0) is 6.54 Å². The summed E-state index contributed by atoms with van der Waals surface area (Å²) in [6, 6.07) is 10.4. The lowest BCUT2D eigenvalue weighted by molar-refractivity contribution is -0.0692. The number of aliphatic hydroxyl groups is 2. The Balaban J connectivity index is 1.92. The highest BCUT2D eigenvalue weighted by atomic mass is 32.1. The molecule has 0 aliphatic heterocycles. The number of hydrogen-bond acceptors (Lipinski definition) is 8. The smallest absolute Gasteiger partial charge is 0.387 e. The molecule has 7 nitrogen and oxygen atoms in total. The highest BCUT2D eigenvalue weighted by Crippen LogP contribution is 2.38. The van der Waals surface area contributed by atoms with Gasteiger partial charge in [-0.1, -0.05) is 0 Å². The Hall–Kier alpha value is -3.09. The molecule has 0 bridgehead atoms. The molecular weight excluding hydrogens is 468 g/mol. The van der Waals surface area contributed by atoms with Crippen LogP contribution in [0.2, 0.25) is 0 Å². The monoisotopic (exact) mass is 488 g/mol. The van der Waals surface area contributed by atoms with E-state index in [1.54, 1.807) is 40.9 Å². The maximum Gasteiger partial charge on any atom is 0.387 e. The van der Waals surface area contributed by atoms with Gasteiger partial charge in [-0.2, -0.15) is 17.6 Å². The van der Waals surface area contributed by atoms with Crippen molar-refractivity contribution < 1.29 is 42.0 Å². The summed E-state index contributed by atoms with van der Waals surface area (Å²) in [6.07, 6.45) is 0.630. The number of rotatable bonds is 12. The van der Waals surface area contributed by atoms with Crippen LogP contribution in [0.15, 0.2) is 54.2 Å². The molecule has 33 heavy (non-hydrogen) atoms. The molecule has 2 aromatic carbocycles. The first-order valence-corrected chi connectivity index (χ1v) is 10.4. The average molecular weight is 488 g/mol. The Morgan fingerprint density at radius 1 is 0.939 bits per heavy atom. The predicted octanol–water partition coefficient (Wildman–Crippen LogP) is 4.42. The Kier molecular flexibility index (Phi) is 8.69. The van der Waals surface area contributed by atoms with E-state index in [1.165, 1.54) is 23.5 Å². The van der Waals surface area contributed by atoms with Gasteiger partial charge >= 0.3 is 13.2 Å². The van der Waals surface area contributed by atoms with Gasteiger partial charge in [0.25, 0.3) is 0 Å². The van der Waals surface area contributed by atoms with Crippen molar-refractivity contribution in [2.24, 2.45) is 0 Å². The van der Waals surface area contributed by atoms with Crippen molar-refractivity contribution in [3.63, 3.8) is 0 Å². The summed E-state index contributed by atoms with van der Waals surface area (Å²) >= 11 is 1.38. The average Bonchev–Trinajstić information content (AvgIpc) is 3.30. The van der Waals surface area contributed by atoms with Gasteiger partial charge < -0.3 is 29.3 Å². The summed E-state index contributed by atoms with van der Waals surface area (Å²) in [5.41, 5.74) is 2.65. The molecule has 0 saturated carbocycles. The molecule has 0 saturated heterocycles. The van der Waals surface area contributed by atoms with Crippen LogP contribution >= 0.6 is 11.3 Å². The minimum Gasteiger partial charge on any atom is -0.491 e. The number of alkyl halides is 4. The molecule has 12 heteroatoms. The van der Waals surface area contributed by atoms with Gasteiger partial charge in [-0.15, -0.1) is 11.3 Å². The van der Waals surface area contributed by atoms with Gasteiger partial charge in [0.2, 0.25) is 0 Å². The highest BCUT2D eigenvalue weighted by Gasteiger charge is 2.19. The van der Waals surface area contributed by atoms with Gasteiger partial charge in [-0.25, -0.2) is 0 Å². The van der Waals surface area contributed by atoms with Gasteiger partial charge in [0.15, 0.2) is 11.5 Å². The van der Waals surface area contributed by atoms with Gasteiger partial charge in [0, 0.05) is 28.5 Å². The molecule has 0 amide bonds. The lowest BCUT2D eigenvalue weighted by Crippen LogP contribution is -2.21. The maximum absolute atomic E-state index is 12.9. The number of hydrogen-bond donors (Lipinski definition) is 2. The van der Waals surface area contributed by atoms with E-state index < -0.39 is 37.4 Å². The zero-order valence-electron chi connectivity index (χ0n) is 17.0. The number of aliphatic hydroxyl groups excluding tert-OH is 2. The summed E-state index contributed by atoms with van der Waals surface area (Å²) in [7, 11) is 0. The van der Waals surface area contributed by atoms with E-state index in [0.29, 0.717) is 23.7 Å². The standard InChI is InChI=1S/C21H20F4N2O5S/c22-20(23)31-18-6-3-14(7-19(18)32-21(24)25)27(9-17-8-26-12-33-17)13-1-4-16(5-2-13)30-11-15(29)10-28/h1-8,12,15,20-21,28-29H,9-11H2. The zero-order chi connectivity index (χ0) is 23.8. The Morgan fingerprint density at radius 2 is 1.61 bits per heavy atom. The minimum absolute atomic E-state index is 0.0969. The number of aromatic nitrogens is 1. The summed E-state index contributed by atoms with van der Waals surface area (Å²) in [5.74, 6) is -0.612. The van der Waals surface area contributed by atoms with E-state index in [0.717, 1.165) is 10.9 Å². The molecular formula is C21H20F4N2O5S. The predicted molar refractivity (Wildman–Crippen MR) is 113 cm³/mol. The van der Waals surface area contributed by atoms with Crippen LogP contribution in [0.5, 0.6) is 17.2 Å². The summed E-state index contributed by atoms with van der Waals surface area (Å²) < 4.78 is 65.1. The summed E-state index contributed by atoms with van der Waals surface area (Å²) in [4.78, 5) is 6.62. The zero-order valence-corrected chi connectivity index (χ0v) is 17.8. The number of ether oxygens (including phenoxy) is 3. The molecule has 0 radical (unpaired) electrons. The Bertz CT molecular complexity index is 993. The molecule has 0 fully saturated rings. The van der Waals surface area contributed by atoms with Crippen LogP contribution < -0.4 is 19.1 Å². The van der Waals surface area contributed by atoms with E-state index in [4.69, 9.17) is 9.84 Å². The van der Waals surface area contributed by atoms with E-state index >= 15 is 0 Å². The quantitative estimate of drug-likeness (QED) is 0.365. The van der Waals surface area contributed by atoms with Crippen LogP contribution in [0.25, 0.3) is 0 Å². The van der Waals surface area contributed by atoms with Crippen LogP contribution in [0.1, 0.15) is 4.88 Å². The molecule has 3 rings (SSSR count). The molecule has 1 heterocycles. The van der Waals surface area contributed by atoms with Crippen molar-refractivity contribution in [1.82, 2.24) is 4.98 Å². The molecule has 3 aromatic rings. The highest BCUT2D eigenvalue weighted by molar-refractivity contribution is 7.09. The largest absolute Gasteiger partial charge is 0.491 e. The van der Waals surface area contributed by atoms with Gasteiger partial charge in [-0.05, 0) is 36.4 Å². The number of thiazole rings is 1. The third kappa shape index (κ3) is 7.20. The normalized spacial score (nSPS) is 12.1. The SMILES string of the molecule is OCC(O)COc1ccc(N(Cc2cncs2)c2ccc(OC(F)F)c(OC(F)F)c2)cc1. The van der Waals surface area contributed by atoms with Gasteiger partial charge in [0.1, 0.15) is 18.5 Å². The number of halogens is 4. The second kappa shape index (κ2) is 11.7. The minimum atomic E-state index is -3.24. The van der Waals surface area contributed by atoms with Crippen molar-refractivity contribution in [2.75, 3.05) is 18.1 Å². The molecule has 178 valence electrons. The third-order valence-electron chi connectivity index (χ3n) is 4.27. The third-order valence-corrected chi connectivity index (χ3v) is 5.03. The fourth-order valence-corrected chi connectivity index (χ4v) is 3.40. The number of benzene rings is 2. The number of anilines is 2. The molecule has 1 aromatic heterocycles.